The maximum absolute atomic E-state index is 12.2. The minimum atomic E-state index is -0.487. The van der Waals surface area contributed by atoms with Crippen LogP contribution in [0, 0.1) is 6.92 Å². The number of aryl methyl sites for hydroxylation is 1. The summed E-state index contributed by atoms with van der Waals surface area (Å²) in [4.78, 5) is 28.1. The number of unbranched alkanes of at least 4 members (excludes halogenated alkanes) is 1. The van der Waals surface area contributed by atoms with Gasteiger partial charge in [-0.3, -0.25) is 14.0 Å². The predicted molar refractivity (Wildman–Crippen MR) is 75.1 cm³/mol. The highest BCUT2D eigenvalue weighted by molar-refractivity contribution is 5.93. The van der Waals surface area contributed by atoms with Crippen molar-refractivity contribution < 1.29 is 9.90 Å². The van der Waals surface area contributed by atoms with Gasteiger partial charge in [-0.1, -0.05) is 13.3 Å². The minimum absolute atomic E-state index is 0.0261. The fraction of sp³-hybridized carbons (Fsp3) is 0.357. The molecule has 2 aromatic heterocycles. The Morgan fingerprint density at radius 3 is 2.95 bits per heavy atom. The van der Waals surface area contributed by atoms with Crippen LogP contribution in [0.5, 0.6) is 5.75 Å². The van der Waals surface area contributed by atoms with Crippen LogP contribution in [0.25, 0.3) is 5.65 Å². The molecule has 0 aromatic carbocycles. The maximum atomic E-state index is 12.2. The normalized spacial score (nSPS) is 10.7. The number of aromatic nitrogens is 2. The molecule has 1 amide bonds. The molecule has 0 radical (unpaired) electrons. The third-order valence-electron chi connectivity index (χ3n) is 3.11. The van der Waals surface area contributed by atoms with Gasteiger partial charge in [-0.25, -0.2) is 4.98 Å². The van der Waals surface area contributed by atoms with Crippen molar-refractivity contribution in [2.45, 2.75) is 26.7 Å². The standard InChI is InChI=1S/C14H17N3O3/c1-3-4-6-15-13(19)10-8-16-12-11(18)9(2)5-7-17(12)14(10)20/h5,7-8,18H,3-4,6H2,1-2H3,(H,15,19). The molecule has 2 rings (SSSR count). The van der Waals surface area contributed by atoms with Gasteiger partial charge < -0.3 is 10.4 Å². The quantitative estimate of drug-likeness (QED) is 0.822. The first-order valence-corrected chi connectivity index (χ1v) is 6.54. The summed E-state index contributed by atoms with van der Waals surface area (Å²) in [5.74, 6) is -0.493. The SMILES string of the molecule is CCCCNC(=O)c1cnc2c(O)c(C)ccn2c1=O. The number of fused-ring (bicyclic) bond motifs is 1. The van der Waals surface area contributed by atoms with Crippen molar-refractivity contribution in [3.63, 3.8) is 0 Å². The zero-order valence-electron chi connectivity index (χ0n) is 11.5. The number of hydrogen-bond acceptors (Lipinski definition) is 4. The van der Waals surface area contributed by atoms with Crippen LogP contribution in [0.1, 0.15) is 35.7 Å². The number of hydrogen-bond donors (Lipinski definition) is 2. The van der Waals surface area contributed by atoms with Crippen molar-refractivity contribution in [2.24, 2.45) is 0 Å². The Morgan fingerprint density at radius 2 is 2.25 bits per heavy atom. The summed E-state index contributed by atoms with van der Waals surface area (Å²) < 4.78 is 1.18. The molecule has 0 atom stereocenters. The average molecular weight is 275 g/mol. The molecule has 20 heavy (non-hydrogen) atoms. The van der Waals surface area contributed by atoms with Crippen molar-refractivity contribution in [1.82, 2.24) is 14.7 Å². The van der Waals surface area contributed by atoms with E-state index < -0.39 is 11.5 Å². The summed E-state index contributed by atoms with van der Waals surface area (Å²) in [6, 6.07) is 1.60. The number of carbonyl (C=O) groups excluding carboxylic acids is 1. The third kappa shape index (κ3) is 2.49. The number of aromatic hydroxyl groups is 1. The Labute approximate surface area is 116 Å². The molecule has 0 unspecified atom stereocenters. The number of rotatable bonds is 4. The van der Waals surface area contributed by atoms with E-state index in [1.54, 1.807) is 13.0 Å². The molecule has 0 aliphatic carbocycles. The van der Waals surface area contributed by atoms with E-state index in [9.17, 15) is 14.7 Å². The van der Waals surface area contributed by atoms with Crippen LogP contribution >= 0.6 is 0 Å². The van der Waals surface area contributed by atoms with Gasteiger partial charge in [0.2, 0.25) is 0 Å². The monoisotopic (exact) mass is 275 g/mol. The average Bonchev–Trinajstić information content (AvgIpc) is 2.43. The van der Waals surface area contributed by atoms with Crippen molar-refractivity contribution in [1.29, 1.82) is 0 Å². The van der Waals surface area contributed by atoms with Crippen molar-refractivity contribution in [2.75, 3.05) is 6.54 Å². The summed E-state index contributed by atoms with van der Waals surface area (Å²) in [6.45, 7) is 4.26. The van der Waals surface area contributed by atoms with Gasteiger partial charge in [0, 0.05) is 18.9 Å². The number of amides is 1. The van der Waals surface area contributed by atoms with Crippen molar-refractivity contribution in [3.8, 4) is 5.75 Å². The van der Waals surface area contributed by atoms with Gasteiger partial charge in [0.15, 0.2) is 11.4 Å². The molecule has 6 nitrogen and oxygen atoms in total. The lowest BCUT2D eigenvalue weighted by molar-refractivity contribution is 0.0951. The molecule has 106 valence electrons. The highest BCUT2D eigenvalue weighted by atomic mass is 16.3. The molecular weight excluding hydrogens is 258 g/mol. The Morgan fingerprint density at radius 1 is 1.50 bits per heavy atom. The second-order valence-corrected chi connectivity index (χ2v) is 4.63. The molecular formula is C14H17N3O3. The second-order valence-electron chi connectivity index (χ2n) is 4.63. The van der Waals surface area contributed by atoms with Gasteiger partial charge in [-0.2, -0.15) is 0 Å². The van der Waals surface area contributed by atoms with Gasteiger partial charge in [0.25, 0.3) is 11.5 Å². The Hall–Kier alpha value is -2.37. The van der Waals surface area contributed by atoms with Crippen molar-refractivity contribution in [3.05, 3.63) is 39.9 Å². The summed E-state index contributed by atoms with van der Waals surface area (Å²) in [6.07, 6.45) is 4.52. The van der Waals surface area contributed by atoms with E-state index in [4.69, 9.17) is 0 Å². The summed E-state index contributed by atoms with van der Waals surface area (Å²) >= 11 is 0. The highest BCUT2D eigenvalue weighted by Crippen LogP contribution is 2.19. The van der Waals surface area contributed by atoms with E-state index >= 15 is 0 Å². The van der Waals surface area contributed by atoms with E-state index in [0.717, 1.165) is 12.8 Å². The van der Waals surface area contributed by atoms with Crippen LogP contribution in [0.15, 0.2) is 23.3 Å². The van der Waals surface area contributed by atoms with Gasteiger partial charge in [0.05, 0.1) is 0 Å². The molecule has 0 fully saturated rings. The molecule has 0 aliphatic heterocycles. The zero-order chi connectivity index (χ0) is 14.7. The number of nitrogens with one attached hydrogen (secondary N) is 1. The highest BCUT2D eigenvalue weighted by Gasteiger charge is 2.14. The molecule has 2 N–H and O–H groups in total. The van der Waals surface area contributed by atoms with Crippen LogP contribution < -0.4 is 10.9 Å². The Balaban J connectivity index is 2.43. The second kappa shape index (κ2) is 5.73. The van der Waals surface area contributed by atoms with E-state index in [1.807, 2.05) is 6.92 Å². The van der Waals surface area contributed by atoms with Crippen LogP contribution in [0.2, 0.25) is 0 Å². The predicted octanol–water partition coefficient (Wildman–Crippen LogP) is 1.24. The summed E-state index contributed by atoms with van der Waals surface area (Å²) in [7, 11) is 0. The molecule has 2 aromatic rings. The Kier molecular flexibility index (Phi) is 4.02. The van der Waals surface area contributed by atoms with E-state index in [-0.39, 0.29) is 17.0 Å². The van der Waals surface area contributed by atoms with Gasteiger partial charge in [-0.15, -0.1) is 0 Å². The van der Waals surface area contributed by atoms with Crippen LogP contribution in [-0.4, -0.2) is 26.9 Å². The largest absolute Gasteiger partial charge is 0.504 e. The van der Waals surface area contributed by atoms with Crippen LogP contribution in [0.3, 0.4) is 0 Å². The number of carbonyl (C=O) groups is 1. The third-order valence-corrected chi connectivity index (χ3v) is 3.11. The van der Waals surface area contributed by atoms with E-state index in [0.29, 0.717) is 12.1 Å². The lowest BCUT2D eigenvalue weighted by Crippen LogP contribution is -2.32. The summed E-state index contributed by atoms with van der Waals surface area (Å²) in [5, 5.41) is 12.5. The maximum Gasteiger partial charge on any atom is 0.270 e. The van der Waals surface area contributed by atoms with Crippen LogP contribution in [0.4, 0.5) is 0 Å². The van der Waals surface area contributed by atoms with Crippen molar-refractivity contribution >= 4 is 11.6 Å². The van der Waals surface area contributed by atoms with Crippen LogP contribution in [-0.2, 0) is 0 Å². The van der Waals surface area contributed by atoms with Gasteiger partial charge in [-0.05, 0) is 25.0 Å². The first-order valence-electron chi connectivity index (χ1n) is 6.54. The molecule has 2 heterocycles. The molecule has 0 aliphatic rings. The molecule has 0 bridgehead atoms. The van der Waals surface area contributed by atoms with E-state index in [2.05, 4.69) is 10.3 Å². The molecule has 0 saturated heterocycles. The number of pyridine rings is 1. The lowest BCUT2D eigenvalue weighted by Gasteiger charge is -2.07. The smallest absolute Gasteiger partial charge is 0.270 e. The van der Waals surface area contributed by atoms with Gasteiger partial charge >= 0.3 is 0 Å². The molecule has 6 heteroatoms. The van der Waals surface area contributed by atoms with Gasteiger partial charge in [0.1, 0.15) is 5.56 Å². The first-order chi connectivity index (χ1) is 9.56. The zero-order valence-corrected chi connectivity index (χ0v) is 11.5. The molecule has 0 spiro atoms. The fourth-order valence-electron chi connectivity index (χ4n) is 1.85. The molecule has 0 saturated carbocycles. The Bertz CT molecular complexity index is 707. The minimum Gasteiger partial charge on any atom is -0.504 e. The fourth-order valence-corrected chi connectivity index (χ4v) is 1.85. The lowest BCUT2D eigenvalue weighted by atomic mass is 10.2. The number of nitrogens with zero attached hydrogens (tertiary/aromatic N) is 2. The summed E-state index contributed by atoms with van der Waals surface area (Å²) in [5.41, 5.74) is 0.262. The first kappa shape index (κ1) is 14.0. The topological polar surface area (TPSA) is 83.7 Å². The van der Waals surface area contributed by atoms with E-state index in [1.165, 1.54) is 16.8 Å².